The predicted molar refractivity (Wildman–Crippen MR) is 75.8 cm³/mol. The molecule has 0 heterocycles. The lowest BCUT2D eigenvalue weighted by molar-refractivity contribution is -0.382. The molecule has 0 saturated heterocycles. The summed E-state index contributed by atoms with van der Waals surface area (Å²) in [5.74, 6) is -37.0. The fraction of sp³-hybridized carbons (Fsp3) is 0.714. The molecule has 0 radical (unpaired) electrons. The predicted octanol–water partition coefficient (Wildman–Crippen LogP) is 4.58. The number of rotatable bonds is 8. The summed E-state index contributed by atoms with van der Waals surface area (Å²) in [6.45, 7) is 0. The fourth-order valence-electron chi connectivity index (χ4n) is 2.60. The quantitative estimate of drug-likeness (QED) is 0.222. The van der Waals surface area contributed by atoms with Gasteiger partial charge in [-0.25, -0.2) is 36.7 Å². The summed E-state index contributed by atoms with van der Waals surface area (Å²) in [6.07, 6.45) is -33.8. The van der Waals surface area contributed by atoms with E-state index >= 15 is 0 Å². The highest BCUT2D eigenvalue weighted by atomic mass is 19.4. The highest BCUT2D eigenvalue weighted by molar-refractivity contribution is 5.98. The average molecular weight is 662 g/mol. The Hall–Kier alpha value is -3.32. The Morgan fingerprint density at radius 1 is 0.390 bits per heavy atom. The van der Waals surface area contributed by atoms with Crippen molar-refractivity contribution in [2.24, 2.45) is 0 Å². The van der Waals surface area contributed by atoms with Crippen LogP contribution >= 0.6 is 0 Å². The third-order valence-electron chi connectivity index (χ3n) is 4.66. The van der Waals surface area contributed by atoms with Crippen LogP contribution in [0.1, 0.15) is 0 Å². The Morgan fingerprint density at radius 3 is 0.707 bits per heavy atom. The van der Waals surface area contributed by atoms with E-state index in [-0.39, 0.29) is 0 Å². The van der Waals surface area contributed by atoms with E-state index in [0.717, 1.165) is 0 Å². The smallest absolute Gasteiger partial charge is 0.437 e. The van der Waals surface area contributed by atoms with E-state index in [1.807, 2.05) is 0 Å². The van der Waals surface area contributed by atoms with Crippen LogP contribution in [0.2, 0.25) is 0 Å². The van der Waals surface area contributed by atoms with Crippen molar-refractivity contribution in [2.45, 2.75) is 59.2 Å². The molecule has 4 unspecified atom stereocenters. The zero-order valence-corrected chi connectivity index (χ0v) is 17.5. The van der Waals surface area contributed by atoms with E-state index in [1.165, 1.54) is 0 Å². The average Bonchev–Trinajstić information content (AvgIpc) is 2.72. The normalized spacial score (nSPS) is 20.1. The summed E-state index contributed by atoms with van der Waals surface area (Å²) in [4.78, 5) is 43.3. The molecule has 41 heavy (non-hydrogen) atoms. The second-order valence-corrected chi connectivity index (χ2v) is 7.06. The van der Waals surface area contributed by atoms with Gasteiger partial charge in [0.05, 0.1) is 0 Å². The van der Waals surface area contributed by atoms with Crippen molar-refractivity contribution in [1.82, 2.24) is 0 Å². The summed E-state index contributed by atoms with van der Waals surface area (Å²) in [6, 6.07) is 0. The maximum absolute atomic E-state index is 14.5. The van der Waals surface area contributed by atoms with Crippen LogP contribution in [0.4, 0.5) is 87.8 Å². The van der Waals surface area contributed by atoms with Gasteiger partial charge in [0.1, 0.15) is 0 Å². The van der Waals surface area contributed by atoms with E-state index in [9.17, 15) is 107 Å². The molecule has 0 spiro atoms. The number of carbonyl (C=O) groups is 4. The molecular weight excluding hydrogens is 660 g/mol. The molecule has 2 N–H and O–H groups in total. The fourth-order valence-corrected chi connectivity index (χ4v) is 2.60. The summed E-state index contributed by atoms with van der Waals surface area (Å²) in [5, 5.41) is 15.9. The Labute approximate surface area is 206 Å². The van der Waals surface area contributed by atoms with Crippen LogP contribution < -0.4 is 0 Å². The summed E-state index contributed by atoms with van der Waals surface area (Å²) >= 11 is 0. The highest BCUT2D eigenvalue weighted by Crippen LogP contribution is 2.61. The number of carboxylic acid groups (broad SMARTS) is 2. The Morgan fingerprint density at radius 2 is 0.585 bits per heavy atom. The van der Waals surface area contributed by atoms with Crippen molar-refractivity contribution in [1.29, 1.82) is 0 Å². The lowest BCUT2D eigenvalue weighted by Crippen LogP contribution is -2.79. The Bertz CT molecular complexity index is 1000. The summed E-state index contributed by atoms with van der Waals surface area (Å²) in [5.41, 5.74) is -34.7. The first-order valence-electron chi connectivity index (χ1n) is 8.45. The van der Waals surface area contributed by atoms with Gasteiger partial charge in [-0.15, -0.1) is 0 Å². The SMILES string of the molecule is O=C(O)C(F)(F)C(F)(C(F)(F)F)C(F)(C(=O)OC(=O)C(F)(C(F)(F)F)C(F)(C(F)(F)F)C(F)(F)C(=O)O)C(F)(F)F. The molecular formula is C14H2F20O7. The number of hydrogen-bond donors (Lipinski definition) is 2. The van der Waals surface area contributed by atoms with Crippen LogP contribution in [-0.2, 0) is 23.9 Å². The molecule has 0 aromatic carbocycles. The van der Waals surface area contributed by atoms with Crippen molar-refractivity contribution >= 4 is 23.9 Å². The first kappa shape index (κ1) is 37.7. The van der Waals surface area contributed by atoms with E-state index < -0.39 is 83.1 Å². The van der Waals surface area contributed by atoms with Crippen molar-refractivity contribution in [3.63, 3.8) is 0 Å². The Kier molecular flexibility index (Phi) is 8.84. The van der Waals surface area contributed by atoms with Gasteiger partial charge in [0, 0.05) is 0 Å². The monoisotopic (exact) mass is 662 g/mol. The number of esters is 2. The number of halogens is 20. The summed E-state index contributed by atoms with van der Waals surface area (Å²) < 4.78 is 269. The molecule has 0 rings (SSSR count). The number of carboxylic acids is 2. The van der Waals surface area contributed by atoms with Gasteiger partial charge in [-0.3, -0.25) is 0 Å². The molecule has 0 aliphatic rings. The van der Waals surface area contributed by atoms with Gasteiger partial charge >= 0.3 is 83.1 Å². The van der Waals surface area contributed by atoms with Crippen molar-refractivity contribution in [2.75, 3.05) is 0 Å². The number of ether oxygens (including phenoxy) is 1. The van der Waals surface area contributed by atoms with Crippen LogP contribution in [0.3, 0.4) is 0 Å². The molecule has 0 aromatic rings. The molecule has 27 heteroatoms. The standard InChI is InChI=1S/C14H2F20O7/c15-5(11(23,24)25,9(21,13(29,30)31)7(17,18)1(35)36)3(39)41-4(40)6(16,12(26,27)28)10(22,14(32,33)34)8(19,20)2(37)38/h(H,35,36)(H,37,38). The maximum atomic E-state index is 14.5. The van der Waals surface area contributed by atoms with Gasteiger partial charge < -0.3 is 14.9 Å². The lowest BCUT2D eigenvalue weighted by atomic mass is 9.78. The molecule has 0 saturated carbocycles. The molecule has 7 nitrogen and oxygen atoms in total. The van der Waals surface area contributed by atoms with Gasteiger partial charge in [-0.05, 0) is 0 Å². The first-order chi connectivity index (χ1) is 17.4. The van der Waals surface area contributed by atoms with E-state index in [2.05, 4.69) is 0 Å². The van der Waals surface area contributed by atoms with Crippen molar-refractivity contribution in [3.8, 4) is 0 Å². The second kappa shape index (κ2) is 9.62. The van der Waals surface area contributed by atoms with Crippen molar-refractivity contribution < 1.29 is 122 Å². The van der Waals surface area contributed by atoms with E-state index in [0.29, 0.717) is 0 Å². The molecule has 0 aromatic heterocycles. The molecule has 240 valence electrons. The van der Waals surface area contributed by atoms with Crippen LogP contribution in [0.25, 0.3) is 0 Å². The third-order valence-corrected chi connectivity index (χ3v) is 4.66. The maximum Gasteiger partial charge on any atom is 0.437 e. The van der Waals surface area contributed by atoms with Gasteiger partial charge in [0.25, 0.3) is 0 Å². The van der Waals surface area contributed by atoms with Crippen LogP contribution in [0, 0.1) is 0 Å². The number of aliphatic carboxylic acids is 2. The zero-order chi connectivity index (χ0) is 34.0. The second-order valence-electron chi connectivity index (χ2n) is 7.06. The first-order valence-corrected chi connectivity index (χ1v) is 8.45. The molecule has 0 bridgehead atoms. The van der Waals surface area contributed by atoms with Gasteiger partial charge in [0.15, 0.2) is 0 Å². The third kappa shape index (κ3) is 4.72. The summed E-state index contributed by atoms with van der Waals surface area (Å²) in [7, 11) is 0. The molecule has 0 aliphatic carbocycles. The van der Waals surface area contributed by atoms with Crippen LogP contribution in [-0.4, -0.2) is 93.3 Å². The van der Waals surface area contributed by atoms with E-state index in [1.54, 1.807) is 4.74 Å². The van der Waals surface area contributed by atoms with Crippen LogP contribution in [0.15, 0.2) is 0 Å². The minimum atomic E-state index is -8.71. The van der Waals surface area contributed by atoms with Gasteiger partial charge in [-0.2, -0.15) is 70.2 Å². The topological polar surface area (TPSA) is 118 Å². The highest BCUT2D eigenvalue weighted by Gasteiger charge is 2.96. The minimum absolute atomic E-state index is 1.67. The zero-order valence-electron chi connectivity index (χ0n) is 17.5. The number of hydrogen-bond acceptors (Lipinski definition) is 5. The van der Waals surface area contributed by atoms with Gasteiger partial charge in [0.2, 0.25) is 0 Å². The molecule has 0 amide bonds. The number of alkyl halides is 20. The largest absolute Gasteiger partial charge is 0.477 e. The molecule has 0 aliphatic heterocycles. The van der Waals surface area contributed by atoms with Gasteiger partial charge in [-0.1, -0.05) is 0 Å². The van der Waals surface area contributed by atoms with E-state index in [4.69, 9.17) is 10.2 Å². The number of carbonyl (C=O) groups excluding carboxylic acids is 2. The molecule has 4 atom stereocenters. The molecule has 0 fully saturated rings. The van der Waals surface area contributed by atoms with Crippen molar-refractivity contribution in [3.05, 3.63) is 0 Å². The van der Waals surface area contributed by atoms with Crippen LogP contribution in [0.5, 0.6) is 0 Å². The lowest BCUT2D eigenvalue weighted by Gasteiger charge is -2.43. The minimum Gasteiger partial charge on any atom is -0.477 e. The Balaban J connectivity index is 7.86.